The van der Waals surface area contributed by atoms with E-state index in [1.54, 1.807) is 12.1 Å². The zero-order valence-electron chi connectivity index (χ0n) is 24.9. The number of phenols is 1. The van der Waals surface area contributed by atoms with Crippen molar-refractivity contribution in [3.8, 4) is 5.75 Å². The maximum atomic E-state index is 12.4. The normalized spacial score (nSPS) is 12.1. The first-order valence-electron chi connectivity index (χ1n) is 13.6. The number of nitrogens with zero attached hydrogens (tertiary/aromatic N) is 6. The molecule has 0 atom stereocenters. The lowest BCUT2D eigenvalue weighted by Gasteiger charge is -2.21. The molecule has 21 nitrogen and oxygen atoms in total. The number of aromatic hydroxyl groups is 1. The number of hydrogen-bond donors (Lipinski definition) is 9. The van der Waals surface area contributed by atoms with E-state index in [1.165, 1.54) is 29.2 Å². The lowest BCUT2D eigenvalue weighted by atomic mass is 10.1. The van der Waals surface area contributed by atoms with Gasteiger partial charge in [-0.15, -0.1) is 14.6 Å². The van der Waals surface area contributed by atoms with E-state index < -0.39 is 30.9 Å². The van der Waals surface area contributed by atoms with Crippen molar-refractivity contribution in [2.75, 3.05) is 59.9 Å². The van der Waals surface area contributed by atoms with Gasteiger partial charge in [0.2, 0.25) is 17.8 Å². The van der Waals surface area contributed by atoms with Crippen LogP contribution in [0.2, 0.25) is 0 Å². The van der Waals surface area contributed by atoms with Gasteiger partial charge < -0.3 is 36.6 Å². The number of hydrogen-bond acceptors (Lipinski definition) is 20. The summed E-state index contributed by atoms with van der Waals surface area (Å²) in [6.45, 7) is -0.999. The van der Waals surface area contributed by atoms with E-state index in [1.807, 2.05) is 0 Å². The van der Waals surface area contributed by atoms with Crippen LogP contribution in [0.1, 0.15) is 0 Å². The smallest absolute Gasteiger partial charge is 0.296 e. The Morgan fingerprint density at radius 3 is 2.31 bits per heavy atom. The molecular weight excluding hydrogens is 715 g/mol. The maximum Gasteiger partial charge on any atom is 0.296 e. The first-order chi connectivity index (χ1) is 23.2. The number of azo groups is 1. The van der Waals surface area contributed by atoms with Gasteiger partial charge >= 0.3 is 0 Å². The van der Waals surface area contributed by atoms with Crippen molar-refractivity contribution in [1.82, 2.24) is 15.0 Å². The third kappa shape index (κ3) is 10.2. The summed E-state index contributed by atoms with van der Waals surface area (Å²) in [5, 5.41) is 55.5. The van der Waals surface area contributed by atoms with Crippen LogP contribution in [-0.4, -0.2) is 100 Å². The molecular formula is C25H29N9O12S3. The Hall–Kier alpha value is -4.50. The molecule has 1 heterocycles. The molecule has 0 aliphatic carbocycles. The van der Waals surface area contributed by atoms with Crippen LogP contribution in [0, 0.1) is 0 Å². The van der Waals surface area contributed by atoms with Gasteiger partial charge in [-0.2, -0.15) is 31.8 Å². The Labute approximate surface area is 282 Å². The number of aliphatic hydroxyl groups excluding tert-OH is 2. The van der Waals surface area contributed by atoms with Crippen molar-refractivity contribution in [3.63, 3.8) is 0 Å². The van der Waals surface area contributed by atoms with Gasteiger partial charge in [-0.3, -0.25) is 9.11 Å². The van der Waals surface area contributed by atoms with E-state index >= 15 is 0 Å². The Bertz CT molecular complexity index is 2050. The zero-order valence-corrected chi connectivity index (χ0v) is 27.4. The van der Waals surface area contributed by atoms with Crippen molar-refractivity contribution in [2.24, 2.45) is 10.2 Å². The topological polar surface area (TPSA) is 325 Å². The maximum absolute atomic E-state index is 12.4. The Balaban J connectivity index is 1.71. The largest absolute Gasteiger partial charge is 0.507 e. The van der Waals surface area contributed by atoms with Gasteiger partial charge in [-0.05, 0) is 41.8 Å². The Kier molecular flexibility index (Phi) is 12.4. The van der Waals surface area contributed by atoms with Crippen LogP contribution >= 0.6 is 12.0 Å². The molecule has 3 aromatic carbocycles. The molecule has 0 saturated heterocycles. The first-order valence-corrected chi connectivity index (χ1v) is 17.4. The van der Waals surface area contributed by atoms with Crippen LogP contribution in [0.5, 0.6) is 5.75 Å². The number of fused-ring (bicyclic) bond motifs is 1. The fraction of sp³-hybridized carbons (Fsp3) is 0.240. The number of phenolic OH excluding ortho intramolecular Hbond substituents is 1. The van der Waals surface area contributed by atoms with Crippen LogP contribution in [0.3, 0.4) is 0 Å². The van der Waals surface area contributed by atoms with Crippen LogP contribution < -0.4 is 21.3 Å². The third-order valence-electron chi connectivity index (χ3n) is 6.28. The van der Waals surface area contributed by atoms with E-state index in [0.29, 0.717) is 22.3 Å². The van der Waals surface area contributed by atoms with Crippen LogP contribution in [-0.2, 0) is 29.6 Å². The zero-order chi connectivity index (χ0) is 35.8. The summed E-state index contributed by atoms with van der Waals surface area (Å²) in [7, 11) is -9.25. The number of nitrogens with two attached hydrogens (primary N) is 1. The number of aliphatic hydroxyl groups is 2. The highest BCUT2D eigenvalue weighted by Gasteiger charge is 2.20. The minimum atomic E-state index is -4.93. The molecule has 0 saturated carbocycles. The van der Waals surface area contributed by atoms with Gasteiger partial charge in [0.15, 0.2) is 0 Å². The van der Waals surface area contributed by atoms with Crippen molar-refractivity contribution < 1.29 is 55.9 Å². The molecule has 10 N–H and O–H groups in total. The van der Waals surface area contributed by atoms with E-state index in [-0.39, 0.29) is 84.6 Å². The van der Waals surface area contributed by atoms with Gasteiger partial charge in [0.05, 0.1) is 42.1 Å². The predicted molar refractivity (Wildman–Crippen MR) is 176 cm³/mol. The minimum Gasteiger partial charge on any atom is -0.507 e. The molecule has 1 aromatic heterocycles. The van der Waals surface area contributed by atoms with E-state index in [4.69, 9.17) is 15.5 Å². The number of nitrogens with one attached hydrogen (secondary N) is 2. The molecule has 0 fully saturated rings. The highest BCUT2D eigenvalue weighted by atomic mass is 32.2. The van der Waals surface area contributed by atoms with Crippen molar-refractivity contribution in [2.45, 2.75) is 9.79 Å². The summed E-state index contributed by atoms with van der Waals surface area (Å²) in [5.74, 6) is -1.43. The number of anilines is 5. The van der Waals surface area contributed by atoms with Gasteiger partial charge in [0.1, 0.15) is 22.0 Å². The van der Waals surface area contributed by atoms with Crippen LogP contribution in [0.25, 0.3) is 10.8 Å². The second kappa shape index (κ2) is 16.3. The Morgan fingerprint density at radius 1 is 0.939 bits per heavy atom. The molecule has 0 radical (unpaired) electrons. The summed E-state index contributed by atoms with van der Waals surface area (Å²) < 4.78 is 70.6. The van der Waals surface area contributed by atoms with Gasteiger partial charge in [-0.1, -0.05) is 11.1 Å². The average molecular weight is 744 g/mol. The average Bonchev–Trinajstić information content (AvgIpc) is 3.02. The second-order valence-corrected chi connectivity index (χ2v) is 13.4. The van der Waals surface area contributed by atoms with Crippen molar-refractivity contribution in [1.29, 1.82) is 0 Å². The summed E-state index contributed by atoms with van der Waals surface area (Å²) in [4.78, 5) is 13.5. The van der Waals surface area contributed by atoms with E-state index in [9.17, 15) is 36.7 Å². The summed E-state index contributed by atoms with van der Waals surface area (Å²) >= 11 is 0.600. The molecule has 49 heavy (non-hydrogen) atoms. The standard InChI is InChI=1S/C25H29N9O12S3/c26-17-3-1-14-11-16(47-46-45-38)13-19(37)21(14)22(17)33-32-18-4-2-15(12-20(18)49(42,43)44)28-24-29-23(27-5-10-48(39,40)41)30-25(31-24)34(6-8-35)7-9-36/h1-4,11-13,35-38H,5-10,26H2,(H,39,40,41)(H,42,43,44)(H2,27,28,29,30,31)/b33-32+. The number of aromatic nitrogens is 3. The summed E-state index contributed by atoms with van der Waals surface area (Å²) in [6.07, 6.45) is 0. The first kappa shape index (κ1) is 37.3. The quantitative estimate of drug-likeness (QED) is 0.0187. The second-order valence-electron chi connectivity index (χ2n) is 9.68. The highest BCUT2D eigenvalue weighted by Crippen LogP contribution is 2.42. The predicted octanol–water partition coefficient (Wildman–Crippen LogP) is 2.24. The van der Waals surface area contributed by atoms with E-state index in [2.05, 4.69) is 45.2 Å². The molecule has 0 spiro atoms. The van der Waals surface area contributed by atoms with E-state index in [0.717, 1.165) is 6.07 Å². The van der Waals surface area contributed by atoms with Crippen LogP contribution in [0.4, 0.5) is 40.6 Å². The molecule has 264 valence electrons. The fourth-order valence-electron chi connectivity index (χ4n) is 4.22. The lowest BCUT2D eigenvalue weighted by Crippen LogP contribution is -2.32. The number of benzene rings is 3. The molecule has 0 aliphatic heterocycles. The Morgan fingerprint density at radius 2 is 1.65 bits per heavy atom. The molecule has 0 unspecified atom stereocenters. The molecule has 0 amide bonds. The number of rotatable bonds is 17. The molecule has 0 bridgehead atoms. The third-order valence-corrected chi connectivity index (χ3v) is 8.44. The summed E-state index contributed by atoms with van der Waals surface area (Å²) in [5.41, 5.74) is 5.81. The number of nitrogen functional groups attached to an aromatic ring is 1. The molecule has 24 heteroatoms. The lowest BCUT2D eigenvalue weighted by molar-refractivity contribution is -0.432. The summed E-state index contributed by atoms with van der Waals surface area (Å²) in [6, 6.07) is 9.37. The minimum absolute atomic E-state index is 0.00666. The van der Waals surface area contributed by atoms with Crippen molar-refractivity contribution >= 4 is 83.6 Å². The van der Waals surface area contributed by atoms with Gasteiger partial charge in [0.25, 0.3) is 20.2 Å². The van der Waals surface area contributed by atoms with Gasteiger partial charge in [0, 0.05) is 30.2 Å². The van der Waals surface area contributed by atoms with Gasteiger partial charge in [-0.25, -0.2) is 5.26 Å². The van der Waals surface area contributed by atoms with Crippen LogP contribution in [0.15, 0.2) is 62.5 Å². The fourth-order valence-corrected chi connectivity index (χ4v) is 5.68. The monoisotopic (exact) mass is 743 g/mol. The SMILES string of the molecule is Nc1ccc2cc(SOOO)cc(O)c2c1/N=N/c1ccc(Nc2nc(NCCS(=O)(=O)O)nc(N(CCO)CCO)n2)cc1S(=O)(=O)O. The van der Waals surface area contributed by atoms with Crippen molar-refractivity contribution in [3.05, 3.63) is 42.5 Å². The molecule has 4 rings (SSSR count). The molecule has 4 aromatic rings. The molecule has 0 aliphatic rings. The highest BCUT2D eigenvalue weighted by molar-refractivity contribution is 7.94.